The SMILES string of the molecule is CC(=O)N1CCN(C(=O)c2ccc(COc3cccc(Br)c3)o2)CC1. The van der Waals surface area contributed by atoms with E-state index in [9.17, 15) is 9.59 Å². The Bertz CT molecular complexity index is 766. The fourth-order valence-corrected chi connectivity index (χ4v) is 3.04. The van der Waals surface area contributed by atoms with Crippen molar-refractivity contribution >= 4 is 27.7 Å². The summed E-state index contributed by atoms with van der Waals surface area (Å²) in [6.07, 6.45) is 0. The molecule has 6 nitrogen and oxygen atoms in total. The zero-order valence-corrected chi connectivity index (χ0v) is 15.5. The zero-order valence-electron chi connectivity index (χ0n) is 13.9. The van der Waals surface area contributed by atoms with Crippen molar-refractivity contribution in [1.82, 2.24) is 9.80 Å². The molecule has 1 aromatic heterocycles. The summed E-state index contributed by atoms with van der Waals surface area (Å²) < 4.78 is 12.2. The zero-order chi connectivity index (χ0) is 17.8. The first-order chi connectivity index (χ1) is 12.0. The van der Waals surface area contributed by atoms with Gasteiger partial charge in [0.05, 0.1) is 0 Å². The molecular weight excluding hydrogens is 388 g/mol. The van der Waals surface area contributed by atoms with Crippen LogP contribution in [0.3, 0.4) is 0 Å². The van der Waals surface area contributed by atoms with Gasteiger partial charge in [-0.25, -0.2) is 0 Å². The van der Waals surface area contributed by atoms with Crippen LogP contribution >= 0.6 is 15.9 Å². The Balaban J connectivity index is 1.56. The van der Waals surface area contributed by atoms with Crippen molar-refractivity contribution in [3.8, 4) is 5.75 Å². The van der Waals surface area contributed by atoms with Crippen LogP contribution in [0.2, 0.25) is 0 Å². The highest BCUT2D eigenvalue weighted by molar-refractivity contribution is 9.10. The Morgan fingerprint density at radius 2 is 1.84 bits per heavy atom. The van der Waals surface area contributed by atoms with Crippen molar-refractivity contribution < 1.29 is 18.7 Å². The van der Waals surface area contributed by atoms with Crippen molar-refractivity contribution in [3.05, 3.63) is 52.4 Å². The smallest absolute Gasteiger partial charge is 0.289 e. The van der Waals surface area contributed by atoms with Crippen molar-refractivity contribution in [2.24, 2.45) is 0 Å². The number of piperazine rings is 1. The maximum atomic E-state index is 12.5. The molecule has 132 valence electrons. The fraction of sp³-hybridized carbons (Fsp3) is 0.333. The van der Waals surface area contributed by atoms with Gasteiger partial charge >= 0.3 is 0 Å². The summed E-state index contributed by atoms with van der Waals surface area (Å²) in [4.78, 5) is 27.3. The van der Waals surface area contributed by atoms with Crippen LogP contribution in [0.1, 0.15) is 23.2 Å². The lowest BCUT2D eigenvalue weighted by Crippen LogP contribution is -2.50. The van der Waals surface area contributed by atoms with Crippen LogP contribution in [0, 0.1) is 0 Å². The monoisotopic (exact) mass is 406 g/mol. The average Bonchev–Trinajstić information content (AvgIpc) is 3.08. The van der Waals surface area contributed by atoms with Gasteiger partial charge in [0, 0.05) is 37.6 Å². The van der Waals surface area contributed by atoms with E-state index in [2.05, 4.69) is 15.9 Å². The van der Waals surface area contributed by atoms with Crippen molar-refractivity contribution in [2.45, 2.75) is 13.5 Å². The summed E-state index contributed by atoms with van der Waals surface area (Å²) >= 11 is 3.39. The molecule has 1 saturated heterocycles. The number of hydrogen-bond acceptors (Lipinski definition) is 4. The molecule has 1 aromatic carbocycles. The van der Waals surface area contributed by atoms with Gasteiger partial charge in [-0.05, 0) is 30.3 Å². The van der Waals surface area contributed by atoms with E-state index in [0.29, 0.717) is 37.7 Å². The molecule has 0 spiro atoms. The Labute approximate surface area is 154 Å². The number of furan rings is 1. The molecule has 1 fully saturated rings. The molecule has 2 aromatic rings. The van der Waals surface area contributed by atoms with Crippen LogP contribution in [-0.4, -0.2) is 47.8 Å². The van der Waals surface area contributed by atoms with Crippen LogP contribution < -0.4 is 4.74 Å². The highest BCUT2D eigenvalue weighted by Crippen LogP contribution is 2.20. The molecular formula is C18H19BrN2O4. The standard InChI is InChI=1S/C18H19BrN2O4/c1-13(22)20-7-9-21(10-8-20)18(23)17-6-5-16(25-17)12-24-15-4-2-3-14(19)11-15/h2-6,11H,7-10,12H2,1H3. The largest absolute Gasteiger partial charge is 0.486 e. The average molecular weight is 407 g/mol. The van der Waals surface area contributed by atoms with E-state index >= 15 is 0 Å². The molecule has 0 radical (unpaired) electrons. The minimum atomic E-state index is -0.156. The Morgan fingerprint density at radius 3 is 2.52 bits per heavy atom. The first-order valence-corrected chi connectivity index (χ1v) is 8.84. The molecule has 0 aliphatic carbocycles. The van der Waals surface area contributed by atoms with Gasteiger partial charge in [0.25, 0.3) is 5.91 Å². The number of nitrogens with zero attached hydrogens (tertiary/aromatic N) is 2. The molecule has 3 rings (SSSR count). The van der Waals surface area contributed by atoms with E-state index in [0.717, 1.165) is 10.2 Å². The first kappa shape index (κ1) is 17.5. The van der Waals surface area contributed by atoms with E-state index in [-0.39, 0.29) is 18.4 Å². The van der Waals surface area contributed by atoms with E-state index in [1.54, 1.807) is 28.9 Å². The van der Waals surface area contributed by atoms with Gasteiger partial charge in [0.15, 0.2) is 5.76 Å². The molecule has 0 N–H and O–H groups in total. The molecule has 0 bridgehead atoms. The number of amides is 2. The van der Waals surface area contributed by atoms with E-state index < -0.39 is 0 Å². The second-order valence-electron chi connectivity index (χ2n) is 5.81. The van der Waals surface area contributed by atoms with E-state index in [4.69, 9.17) is 9.15 Å². The number of hydrogen-bond donors (Lipinski definition) is 0. The van der Waals surface area contributed by atoms with Crippen molar-refractivity contribution in [3.63, 3.8) is 0 Å². The van der Waals surface area contributed by atoms with Crippen molar-refractivity contribution in [1.29, 1.82) is 0 Å². The number of rotatable bonds is 4. The predicted octanol–water partition coefficient (Wildman–Crippen LogP) is 2.93. The highest BCUT2D eigenvalue weighted by atomic mass is 79.9. The quantitative estimate of drug-likeness (QED) is 0.782. The molecule has 2 heterocycles. The summed E-state index contributed by atoms with van der Waals surface area (Å²) in [7, 11) is 0. The Morgan fingerprint density at radius 1 is 1.12 bits per heavy atom. The van der Waals surface area contributed by atoms with Gasteiger partial charge in [-0.3, -0.25) is 9.59 Å². The molecule has 0 saturated carbocycles. The lowest BCUT2D eigenvalue weighted by atomic mass is 10.3. The molecule has 7 heteroatoms. The number of ether oxygens (including phenoxy) is 1. The molecule has 0 atom stereocenters. The molecule has 1 aliphatic heterocycles. The van der Waals surface area contributed by atoms with Gasteiger partial charge in [0.1, 0.15) is 18.1 Å². The van der Waals surface area contributed by atoms with Crippen LogP contribution in [0.25, 0.3) is 0 Å². The molecule has 1 aliphatic rings. The summed E-state index contributed by atoms with van der Waals surface area (Å²) in [6, 6.07) is 10.9. The van der Waals surface area contributed by atoms with Gasteiger partial charge in [-0.2, -0.15) is 0 Å². The van der Waals surface area contributed by atoms with Crippen LogP contribution in [0.4, 0.5) is 0 Å². The predicted molar refractivity (Wildman–Crippen MR) is 95.3 cm³/mol. The minimum absolute atomic E-state index is 0.0390. The highest BCUT2D eigenvalue weighted by Gasteiger charge is 2.25. The molecule has 0 unspecified atom stereocenters. The number of carbonyl (C=O) groups excluding carboxylic acids is 2. The van der Waals surface area contributed by atoms with Crippen LogP contribution in [0.5, 0.6) is 5.75 Å². The third kappa shape index (κ3) is 4.42. The number of carbonyl (C=O) groups is 2. The topological polar surface area (TPSA) is 63.0 Å². The van der Waals surface area contributed by atoms with Crippen LogP contribution in [-0.2, 0) is 11.4 Å². The Hall–Kier alpha value is -2.28. The first-order valence-electron chi connectivity index (χ1n) is 8.05. The summed E-state index contributed by atoms with van der Waals surface area (Å²) in [5.74, 6) is 1.49. The number of halogens is 1. The number of benzene rings is 1. The molecule has 25 heavy (non-hydrogen) atoms. The Kier molecular flexibility index (Phi) is 5.43. The second-order valence-corrected chi connectivity index (χ2v) is 6.73. The summed E-state index contributed by atoms with van der Waals surface area (Å²) in [5, 5.41) is 0. The maximum absolute atomic E-state index is 12.5. The van der Waals surface area contributed by atoms with Gasteiger partial charge in [-0.1, -0.05) is 22.0 Å². The second kappa shape index (κ2) is 7.74. The summed E-state index contributed by atoms with van der Waals surface area (Å²) in [5.41, 5.74) is 0. The van der Waals surface area contributed by atoms with Crippen molar-refractivity contribution in [2.75, 3.05) is 26.2 Å². The van der Waals surface area contributed by atoms with E-state index in [1.165, 1.54) is 0 Å². The van der Waals surface area contributed by atoms with E-state index in [1.807, 2.05) is 24.3 Å². The molecule has 2 amide bonds. The van der Waals surface area contributed by atoms with Gasteiger partial charge in [-0.15, -0.1) is 0 Å². The lowest BCUT2D eigenvalue weighted by Gasteiger charge is -2.33. The summed E-state index contributed by atoms with van der Waals surface area (Å²) in [6.45, 7) is 3.94. The maximum Gasteiger partial charge on any atom is 0.289 e. The lowest BCUT2D eigenvalue weighted by molar-refractivity contribution is -0.130. The van der Waals surface area contributed by atoms with Gasteiger partial charge < -0.3 is 19.0 Å². The minimum Gasteiger partial charge on any atom is -0.486 e. The normalized spacial score (nSPS) is 14.5. The fourth-order valence-electron chi connectivity index (χ4n) is 2.66. The third-order valence-electron chi connectivity index (χ3n) is 4.06. The third-order valence-corrected chi connectivity index (χ3v) is 4.56. The van der Waals surface area contributed by atoms with Gasteiger partial charge in [0.2, 0.25) is 5.91 Å². The van der Waals surface area contributed by atoms with Crippen LogP contribution in [0.15, 0.2) is 45.3 Å².